The largest absolute Gasteiger partial charge is 0.472 e. The number of nitriles is 1. The van der Waals surface area contributed by atoms with Crippen LogP contribution in [0.3, 0.4) is 0 Å². The van der Waals surface area contributed by atoms with Crippen molar-refractivity contribution < 1.29 is 12.8 Å². The first-order valence-electron chi connectivity index (χ1n) is 5.72. The van der Waals surface area contributed by atoms with Gasteiger partial charge in [-0.15, -0.1) is 0 Å². The Bertz CT molecular complexity index is 746. The molecular weight excluding hydrogens is 278 g/mol. The van der Waals surface area contributed by atoms with E-state index in [4.69, 9.17) is 15.4 Å². The lowest BCUT2D eigenvalue weighted by molar-refractivity contribution is 0.463. The summed E-state index contributed by atoms with van der Waals surface area (Å²) in [6, 6.07) is 7.68. The molecule has 1 aromatic heterocycles. The summed E-state index contributed by atoms with van der Waals surface area (Å²) in [4.78, 5) is -0.0554. The summed E-state index contributed by atoms with van der Waals surface area (Å²) in [6.07, 6.45) is 2.94. The Kier molecular flexibility index (Phi) is 3.79. The van der Waals surface area contributed by atoms with E-state index in [0.717, 1.165) is 9.87 Å². The Labute approximate surface area is 117 Å². The highest BCUT2D eigenvalue weighted by Crippen LogP contribution is 2.22. The van der Waals surface area contributed by atoms with Crippen LogP contribution in [0.25, 0.3) is 0 Å². The summed E-state index contributed by atoms with van der Waals surface area (Å²) in [5, 5.41) is 9.04. The molecule has 20 heavy (non-hydrogen) atoms. The Morgan fingerprint density at radius 1 is 1.40 bits per heavy atom. The highest BCUT2D eigenvalue weighted by molar-refractivity contribution is 7.89. The molecule has 0 bridgehead atoms. The summed E-state index contributed by atoms with van der Waals surface area (Å²) in [7, 11) is -2.32. The molecule has 2 rings (SSSR count). The molecule has 0 saturated carbocycles. The van der Waals surface area contributed by atoms with E-state index in [2.05, 4.69) is 0 Å². The molecule has 0 unspecified atom stereocenters. The molecule has 2 aromatic rings. The monoisotopic (exact) mass is 291 g/mol. The van der Waals surface area contributed by atoms with Crippen molar-refractivity contribution in [2.45, 2.75) is 11.4 Å². The molecule has 0 radical (unpaired) electrons. The average Bonchev–Trinajstić information content (AvgIpc) is 2.91. The van der Waals surface area contributed by atoms with Gasteiger partial charge in [0.25, 0.3) is 0 Å². The SMILES string of the molecule is CN(Cc1ccoc1)S(=O)(=O)c1ccc(N)cc1C#N. The number of nitrogens with two attached hydrogens (primary N) is 1. The van der Waals surface area contributed by atoms with Gasteiger partial charge in [0.2, 0.25) is 10.0 Å². The van der Waals surface area contributed by atoms with Crippen LogP contribution in [0, 0.1) is 11.3 Å². The molecule has 0 spiro atoms. The number of furan rings is 1. The first kappa shape index (κ1) is 14.1. The standard InChI is InChI=1S/C13H13N3O3S/c1-16(8-10-4-5-19-9-10)20(17,18)13-3-2-12(15)6-11(13)7-14/h2-6,9H,8,15H2,1H3. The minimum absolute atomic E-state index is 0.0315. The number of hydrogen-bond acceptors (Lipinski definition) is 5. The van der Waals surface area contributed by atoms with Crippen molar-refractivity contribution >= 4 is 15.7 Å². The van der Waals surface area contributed by atoms with Crippen LogP contribution in [0.4, 0.5) is 5.69 Å². The highest BCUT2D eigenvalue weighted by Gasteiger charge is 2.24. The number of benzene rings is 1. The fraction of sp³-hybridized carbons (Fsp3) is 0.154. The van der Waals surface area contributed by atoms with Crippen molar-refractivity contribution in [3.63, 3.8) is 0 Å². The molecule has 0 aliphatic carbocycles. The van der Waals surface area contributed by atoms with Crippen LogP contribution in [0.2, 0.25) is 0 Å². The van der Waals surface area contributed by atoms with Gasteiger partial charge in [-0.3, -0.25) is 0 Å². The Balaban J connectivity index is 2.38. The number of nitrogens with zero attached hydrogens (tertiary/aromatic N) is 2. The number of sulfonamides is 1. The maximum absolute atomic E-state index is 12.5. The molecule has 104 valence electrons. The van der Waals surface area contributed by atoms with E-state index in [9.17, 15) is 8.42 Å². The smallest absolute Gasteiger partial charge is 0.244 e. The molecule has 0 amide bonds. The number of nitrogen functional groups attached to an aromatic ring is 1. The third-order valence-electron chi connectivity index (χ3n) is 2.80. The number of anilines is 1. The van der Waals surface area contributed by atoms with Crippen molar-refractivity contribution in [3.05, 3.63) is 47.9 Å². The zero-order valence-electron chi connectivity index (χ0n) is 10.8. The molecule has 0 atom stereocenters. The van der Waals surface area contributed by atoms with E-state index in [1.165, 1.54) is 37.8 Å². The topological polar surface area (TPSA) is 100 Å². The van der Waals surface area contributed by atoms with Crippen LogP contribution in [0.5, 0.6) is 0 Å². The van der Waals surface area contributed by atoms with Gasteiger partial charge in [0, 0.05) is 24.8 Å². The summed E-state index contributed by atoms with van der Waals surface area (Å²) >= 11 is 0. The molecule has 2 N–H and O–H groups in total. The first-order chi connectivity index (χ1) is 9.45. The Hall–Kier alpha value is -2.30. The van der Waals surface area contributed by atoms with Gasteiger partial charge in [-0.1, -0.05) is 0 Å². The van der Waals surface area contributed by atoms with Crippen LogP contribution < -0.4 is 5.73 Å². The predicted molar refractivity (Wildman–Crippen MR) is 72.9 cm³/mol. The fourth-order valence-corrected chi connectivity index (χ4v) is 3.03. The van der Waals surface area contributed by atoms with Gasteiger partial charge in [0.1, 0.15) is 11.0 Å². The molecule has 6 nitrogen and oxygen atoms in total. The van der Waals surface area contributed by atoms with E-state index in [1.807, 2.05) is 6.07 Å². The van der Waals surface area contributed by atoms with Gasteiger partial charge in [-0.25, -0.2) is 8.42 Å². The molecule has 0 aliphatic rings. The Morgan fingerprint density at radius 2 is 2.15 bits per heavy atom. The number of hydrogen-bond donors (Lipinski definition) is 1. The quantitative estimate of drug-likeness (QED) is 0.861. The second-order valence-electron chi connectivity index (χ2n) is 4.26. The lowest BCUT2D eigenvalue weighted by atomic mass is 10.2. The fourth-order valence-electron chi connectivity index (χ4n) is 1.75. The van der Waals surface area contributed by atoms with Crippen molar-refractivity contribution in [1.82, 2.24) is 4.31 Å². The highest BCUT2D eigenvalue weighted by atomic mass is 32.2. The molecular formula is C13H13N3O3S. The van der Waals surface area contributed by atoms with Gasteiger partial charge in [0.05, 0.1) is 18.1 Å². The summed E-state index contributed by atoms with van der Waals surface area (Å²) < 4.78 is 31.0. The van der Waals surface area contributed by atoms with Crippen LogP contribution in [-0.2, 0) is 16.6 Å². The minimum atomic E-state index is -3.76. The molecule has 0 fully saturated rings. The van der Waals surface area contributed by atoms with E-state index in [-0.39, 0.29) is 17.0 Å². The Morgan fingerprint density at radius 3 is 2.75 bits per heavy atom. The zero-order valence-corrected chi connectivity index (χ0v) is 11.6. The van der Waals surface area contributed by atoms with Gasteiger partial charge >= 0.3 is 0 Å². The minimum Gasteiger partial charge on any atom is -0.472 e. The maximum Gasteiger partial charge on any atom is 0.244 e. The third kappa shape index (κ3) is 2.66. The second kappa shape index (κ2) is 5.36. The van der Waals surface area contributed by atoms with Gasteiger partial charge in [-0.05, 0) is 24.3 Å². The van der Waals surface area contributed by atoms with E-state index >= 15 is 0 Å². The van der Waals surface area contributed by atoms with Gasteiger partial charge in [0.15, 0.2) is 0 Å². The molecule has 0 aliphatic heterocycles. The second-order valence-corrected chi connectivity index (χ2v) is 6.27. The van der Waals surface area contributed by atoms with Crippen molar-refractivity contribution in [1.29, 1.82) is 5.26 Å². The normalized spacial score (nSPS) is 11.4. The van der Waals surface area contributed by atoms with Crippen molar-refractivity contribution in [2.24, 2.45) is 0 Å². The predicted octanol–water partition coefficient (Wildman–Crippen LogP) is 1.55. The molecule has 0 saturated heterocycles. The van der Waals surface area contributed by atoms with Crippen LogP contribution in [0.15, 0.2) is 46.1 Å². The molecule has 7 heteroatoms. The first-order valence-corrected chi connectivity index (χ1v) is 7.16. The molecule has 1 heterocycles. The molecule has 1 aromatic carbocycles. The lowest BCUT2D eigenvalue weighted by Crippen LogP contribution is -2.27. The van der Waals surface area contributed by atoms with Crippen molar-refractivity contribution in [3.8, 4) is 6.07 Å². The summed E-state index contributed by atoms with van der Waals surface area (Å²) in [5.41, 5.74) is 6.66. The maximum atomic E-state index is 12.5. The zero-order chi connectivity index (χ0) is 14.8. The van der Waals surface area contributed by atoms with Crippen LogP contribution in [-0.4, -0.2) is 19.8 Å². The summed E-state index contributed by atoms with van der Waals surface area (Å²) in [5.74, 6) is 0. The van der Waals surface area contributed by atoms with Crippen LogP contribution >= 0.6 is 0 Å². The lowest BCUT2D eigenvalue weighted by Gasteiger charge is -2.17. The number of rotatable bonds is 4. The summed E-state index contributed by atoms with van der Waals surface area (Å²) in [6.45, 7) is 0.161. The van der Waals surface area contributed by atoms with E-state index < -0.39 is 10.0 Å². The third-order valence-corrected chi connectivity index (χ3v) is 4.66. The van der Waals surface area contributed by atoms with Gasteiger partial charge < -0.3 is 10.2 Å². The van der Waals surface area contributed by atoms with E-state index in [1.54, 1.807) is 6.07 Å². The average molecular weight is 291 g/mol. The van der Waals surface area contributed by atoms with Gasteiger partial charge in [-0.2, -0.15) is 9.57 Å². The van der Waals surface area contributed by atoms with Crippen LogP contribution in [0.1, 0.15) is 11.1 Å². The van der Waals surface area contributed by atoms with E-state index in [0.29, 0.717) is 5.69 Å². The van der Waals surface area contributed by atoms with Crippen molar-refractivity contribution in [2.75, 3.05) is 12.8 Å².